The van der Waals surface area contributed by atoms with Gasteiger partial charge in [-0.3, -0.25) is 4.79 Å². The molecule has 0 saturated carbocycles. The van der Waals surface area contributed by atoms with Crippen molar-refractivity contribution in [2.75, 3.05) is 39.3 Å². The smallest absolute Gasteiger partial charge is 0.273 e. The van der Waals surface area contributed by atoms with E-state index in [1.165, 1.54) is 0 Å². The monoisotopic (exact) mass is 294 g/mol. The maximum Gasteiger partial charge on any atom is 0.273 e. The number of likely N-dealkylation sites (N-methyl/N-ethyl adjacent to an activating group) is 1. The molecule has 1 fully saturated rings. The lowest BCUT2D eigenvalue weighted by atomic mass is 10.1. The van der Waals surface area contributed by atoms with Crippen LogP contribution in [0.25, 0.3) is 0 Å². The zero-order valence-corrected chi connectivity index (χ0v) is 13.0. The Hall–Kier alpha value is -1.47. The lowest BCUT2D eigenvalue weighted by Gasteiger charge is -2.22. The Morgan fingerprint density at radius 2 is 2.14 bits per heavy atom. The Labute approximate surface area is 126 Å². The molecule has 1 saturated heterocycles. The van der Waals surface area contributed by atoms with Crippen molar-refractivity contribution in [1.29, 1.82) is 0 Å². The highest BCUT2D eigenvalue weighted by Gasteiger charge is 2.18. The molecule has 0 unspecified atom stereocenters. The molecule has 1 aromatic rings. The molecule has 1 aliphatic rings. The molecule has 7 nitrogen and oxygen atoms in total. The van der Waals surface area contributed by atoms with Crippen molar-refractivity contribution in [3.8, 4) is 0 Å². The van der Waals surface area contributed by atoms with E-state index in [1.807, 2.05) is 4.68 Å². The average Bonchev–Trinajstić information content (AvgIpc) is 3.02. The van der Waals surface area contributed by atoms with Crippen molar-refractivity contribution >= 4 is 5.91 Å². The molecule has 0 atom stereocenters. The SMILES string of the molecule is CCN(CC)CCNC(=O)c1cn(C2CCNCC2)nn1. The van der Waals surface area contributed by atoms with Crippen molar-refractivity contribution < 1.29 is 4.79 Å². The second kappa shape index (κ2) is 8.09. The predicted molar refractivity (Wildman–Crippen MR) is 81.3 cm³/mol. The number of carbonyl (C=O) groups excluding carboxylic acids is 1. The van der Waals surface area contributed by atoms with Crippen LogP contribution in [0.4, 0.5) is 0 Å². The summed E-state index contributed by atoms with van der Waals surface area (Å²) in [6.07, 6.45) is 3.83. The summed E-state index contributed by atoms with van der Waals surface area (Å²) in [5.74, 6) is -0.137. The predicted octanol–water partition coefficient (Wildman–Crippen LogP) is 0.274. The Morgan fingerprint density at radius 3 is 2.81 bits per heavy atom. The van der Waals surface area contributed by atoms with Gasteiger partial charge in [0.2, 0.25) is 0 Å². The Morgan fingerprint density at radius 1 is 1.43 bits per heavy atom. The number of rotatable bonds is 7. The number of hydrogen-bond donors (Lipinski definition) is 2. The van der Waals surface area contributed by atoms with Crippen molar-refractivity contribution in [2.45, 2.75) is 32.7 Å². The van der Waals surface area contributed by atoms with Crippen molar-refractivity contribution in [1.82, 2.24) is 30.5 Å². The minimum absolute atomic E-state index is 0.137. The quantitative estimate of drug-likeness (QED) is 0.755. The van der Waals surface area contributed by atoms with E-state index in [9.17, 15) is 4.79 Å². The van der Waals surface area contributed by atoms with Crippen LogP contribution in [0.2, 0.25) is 0 Å². The Bertz CT molecular complexity index is 436. The molecule has 0 aromatic carbocycles. The zero-order valence-electron chi connectivity index (χ0n) is 13.0. The third-order valence-corrected chi connectivity index (χ3v) is 4.03. The van der Waals surface area contributed by atoms with Crippen molar-refractivity contribution in [3.05, 3.63) is 11.9 Å². The van der Waals surface area contributed by atoms with Crippen LogP contribution < -0.4 is 10.6 Å². The highest BCUT2D eigenvalue weighted by Crippen LogP contribution is 2.16. The average molecular weight is 294 g/mol. The van der Waals surface area contributed by atoms with Crippen LogP contribution in [0.5, 0.6) is 0 Å². The lowest BCUT2D eigenvalue weighted by Crippen LogP contribution is -2.35. The number of nitrogens with one attached hydrogen (secondary N) is 2. The molecule has 2 rings (SSSR count). The summed E-state index contributed by atoms with van der Waals surface area (Å²) in [4.78, 5) is 14.3. The molecule has 1 aliphatic heterocycles. The Kier molecular flexibility index (Phi) is 6.13. The standard InChI is InChI=1S/C14H26N6O/c1-3-19(4-2)10-9-16-14(21)13-11-20(18-17-13)12-5-7-15-8-6-12/h11-12,15H,3-10H2,1-2H3,(H,16,21). The van der Waals surface area contributed by atoms with Gasteiger partial charge in [-0.15, -0.1) is 5.10 Å². The molecule has 0 bridgehead atoms. The first kappa shape index (κ1) is 15.9. The molecule has 2 heterocycles. The molecule has 1 aromatic heterocycles. The van der Waals surface area contributed by atoms with E-state index in [-0.39, 0.29) is 5.91 Å². The summed E-state index contributed by atoms with van der Waals surface area (Å²) in [6.45, 7) is 9.73. The van der Waals surface area contributed by atoms with Crippen LogP contribution in [-0.4, -0.2) is 65.1 Å². The van der Waals surface area contributed by atoms with E-state index in [4.69, 9.17) is 0 Å². The van der Waals surface area contributed by atoms with Gasteiger partial charge in [0.05, 0.1) is 12.2 Å². The van der Waals surface area contributed by atoms with Gasteiger partial charge < -0.3 is 15.5 Å². The molecule has 7 heteroatoms. The molecule has 118 valence electrons. The zero-order chi connectivity index (χ0) is 15.1. The largest absolute Gasteiger partial charge is 0.349 e. The van der Waals surface area contributed by atoms with Crippen LogP contribution in [0.15, 0.2) is 6.20 Å². The van der Waals surface area contributed by atoms with Crippen LogP contribution >= 0.6 is 0 Å². The van der Waals surface area contributed by atoms with E-state index >= 15 is 0 Å². The minimum Gasteiger partial charge on any atom is -0.349 e. The number of hydrogen-bond acceptors (Lipinski definition) is 5. The fourth-order valence-electron chi connectivity index (χ4n) is 2.59. The third kappa shape index (κ3) is 4.50. The van der Waals surface area contributed by atoms with Gasteiger partial charge in [-0.25, -0.2) is 4.68 Å². The van der Waals surface area contributed by atoms with Crippen LogP contribution in [0.1, 0.15) is 43.2 Å². The maximum atomic E-state index is 12.0. The highest BCUT2D eigenvalue weighted by atomic mass is 16.2. The van der Waals surface area contributed by atoms with Crippen molar-refractivity contribution in [3.63, 3.8) is 0 Å². The van der Waals surface area contributed by atoms with Gasteiger partial charge in [0.25, 0.3) is 5.91 Å². The van der Waals surface area contributed by atoms with Crippen LogP contribution in [-0.2, 0) is 0 Å². The lowest BCUT2D eigenvalue weighted by molar-refractivity contribution is 0.0944. The van der Waals surface area contributed by atoms with E-state index in [0.717, 1.165) is 45.6 Å². The number of amides is 1. The minimum atomic E-state index is -0.137. The number of aromatic nitrogens is 3. The van der Waals surface area contributed by atoms with Gasteiger partial charge in [-0.05, 0) is 39.0 Å². The normalized spacial score (nSPS) is 16.3. The van der Waals surface area contributed by atoms with E-state index in [1.54, 1.807) is 6.20 Å². The first-order chi connectivity index (χ1) is 10.2. The molecule has 0 spiro atoms. The summed E-state index contributed by atoms with van der Waals surface area (Å²) in [7, 11) is 0. The summed E-state index contributed by atoms with van der Waals surface area (Å²) in [5, 5.41) is 14.3. The molecular weight excluding hydrogens is 268 g/mol. The van der Waals surface area contributed by atoms with Crippen LogP contribution in [0.3, 0.4) is 0 Å². The second-order valence-electron chi connectivity index (χ2n) is 5.35. The number of piperidine rings is 1. The van der Waals surface area contributed by atoms with Crippen LogP contribution in [0, 0.1) is 0 Å². The van der Waals surface area contributed by atoms with Gasteiger partial charge in [-0.1, -0.05) is 19.1 Å². The maximum absolute atomic E-state index is 12.0. The topological polar surface area (TPSA) is 75.1 Å². The molecule has 1 amide bonds. The summed E-state index contributed by atoms with van der Waals surface area (Å²) in [6, 6.07) is 0.357. The molecule has 0 radical (unpaired) electrons. The summed E-state index contributed by atoms with van der Waals surface area (Å²) < 4.78 is 1.83. The van der Waals surface area contributed by atoms with E-state index in [0.29, 0.717) is 18.3 Å². The highest BCUT2D eigenvalue weighted by molar-refractivity contribution is 5.91. The molecule has 2 N–H and O–H groups in total. The van der Waals surface area contributed by atoms with Gasteiger partial charge >= 0.3 is 0 Å². The first-order valence-corrected chi connectivity index (χ1v) is 7.87. The first-order valence-electron chi connectivity index (χ1n) is 7.87. The van der Waals surface area contributed by atoms with Gasteiger partial charge in [-0.2, -0.15) is 0 Å². The van der Waals surface area contributed by atoms with E-state index in [2.05, 4.69) is 39.7 Å². The number of nitrogens with zero attached hydrogens (tertiary/aromatic N) is 4. The van der Waals surface area contributed by atoms with Gasteiger partial charge in [0.15, 0.2) is 5.69 Å². The third-order valence-electron chi connectivity index (χ3n) is 4.03. The fourth-order valence-corrected chi connectivity index (χ4v) is 2.59. The molecule has 21 heavy (non-hydrogen) atoms. The molecular formula is C14H26N6O. The molecule has 0 aliphatic carbocycles. The fraction of sp³-hybridized carbons (Fsp3) is 0.786. The van der Waals surface area contributed by atoms with E-state index < -0.39 is 0 Å². The van der Waals surface area contributed by atoms with Gasteiger partial charge in [0, 0.05) is 13.1 Å². The van der Waals surface area contributed by atoms with Gasteiger partial charge in [0.1, 0.15) is 0 Å². The summed E-state index contributed by atoms with van der Waals surface area (Å²) >= 11 is 0. The second-order valence-corrected chi connectivity index (χ2v) is 5.35. The summed E-state index contributed by atoms with van der Waals surface area (Å²) in [5.41, 5.74) is 0.410. The van der Waals surface area contributed by atoms with Crippen molar-refractivity contribution in [2.24, 2.45) is 0 Å². The Balaban J connectivity index is 1.81. The number of carbonyl (C=O) groups is 1.